The van der Waals surface area contributed by atoms with E-state index in [0.717, 1.165) is 10.6 Å². The molecule has 1 heterocycles. The summed E-state index contributed by atoms with van der Waals surface area (Å²) in [6.07, 6.45) is 0.333. The van der Waals surface area contributed by atoms with E-state index < -0.39 is 0 Å². The Kier molecular flexibility index (Phi) is 3.26. The smallest absolute Gasteiger partial charge is 0.234 e. The Morgan fingerprint density at radius 1 is 1.50 bits per heavy atom. The number of Topliss-reactive ketones (excluding diaryl/α,β-unsaturated/α-hetero) is 1. The van der Waals surface area contributed by atoms with Crippen molar-refractivity contribution in [3.8, 4) is 0 Å². The molecule has 0 saturated heterocycles. The molecule has 0 unspecified atom stereocenters. The Bertz CT molecular complexity index is 446. The number of nitrogens with one attached hydrogen (secondary N) is 1. The van der Waals surface area contributed by atoms with Crippen LogP contribution in [0.25, 0.3) is 0 Å². The van der Waals surface area contributed by atoms with Crippen molar-refractivity contribution in [3.05, 3.63) is 23.8 Å². The highest BCUT2D eigenvalue weighted by Gasteiger charge is 2.16. The van der Waals surface area contributed by atoms with Gasteiger partial charge in [0.1, 0.15) is 0 Å². The van der Waals surface area contributed by atoms with Crippen LogP contribution in [0.4, 0.5) is 5.69 Å². The number of nitrogens with two attached hydrogens (primary N) is 1. The van der Waals surface area contributed by atoms with Crippen molar-refractivity contribution in [3.63, 3.8) is 0 Å². The van der Waals surface area contributed by atoms with Gasteiger partial charge in [-0.05, 0) is 18.7 Å². The minimum Gasteiger partial charge on any atom is -0.330 e. The first-order chi connectivity index (χ1) is 7.70. The van der Waals surface area contributed by atoms with Crippen LogP contribution in [0.3, 0.4) is 0 Å². The fourth-order valence-corrected chi connectivity index (χ4v) is 2.32. The summed E-state index contributed by atoms with van der Waals surface area (Å²) < 4.78 is 0. The van der Waals surface area contributed by atoms with Crippen LogP contribution in [0, 0.1) is 0 Å². The van der Waals surface area contributed by atoms with Gasteiger partial charge >= 0.3 is 0 Å². The number of ketones is 1. The van der Waals surface area contributed by atoms with Gasteiger partial charge in [0.15, 0.2) is 5.78 Å². The molecule has 16 heavy (non-hydrogen) atoms. The number of hydrogen-bond donors (Lipinski definition) is 2. The molecule has 0 atom stereocenters. The molecule has 1 aliphatic rings. The van der Waals surface area contributed by atoms with Gasteiger partial charge in [0.05, 0.1) is 11.4 Å². The lowest BCUT2D eigenvalue weighted by Crippen LogP contribution is -2.19. The van der Waals surface area contributed by atoms with E-state index in [0.29, 0.717) is 24.3 Å². The number of fused-ring (bicyclic) bond motifs is 1. The Balaban J connectivity index is 2.27. The Hall–Kier alpha value is -1.33. The summed E-state index contributed by atoms with van der Waals surface area (Å²) in [5.41, 5.74) is 6.66. The van der Waals surface area contributed by atoms with E-state index in [2.05, 4.69) is 5.32 Å². The maximum atomic E-state index is 11.6. The van der Waals surface area contributed by atoms with Crippen LogP contribution in [-0.2, 0) is 4.79 Å². The van der Waals surface area contributed by atoms with Crippen LogP contribution in [-0.4, -0.2) is 24.0 Å². The molecule has 1 aromatic rings. The minimum absolute atomic E-state index is 0.00937. The normalized spacial score (nSPS) is 14.2. The van der Waals surface area contributed by atoms with E-state index in [9.17, 15) is 9.59 Å². The summed E-state index contributed by atoms with van der Waals surface area (Å²) in [5, 5.41) is 2.75. The molecule has 84 valence electrons. The van der Waals surface area contributed by atoms with Gasteiger partial charge in [-0.15, -0.1) is 11.8 Å². The standard InChI is InChI=1S/C11H12N2O2S/c12-4-3-9(14)7-1-2-10-8(5-7)13-11(15)6-16-10/h1-2,5H,3-4,6,12H2,(H,13,15). The lowest BCUT2D eigenvalue weighted by Gasteiger charge is -2.16. The molecule has 5 heteroatoms. The highest BCUT2D eigenvalue weighted by Crippen LogP contribution is 2.32. The second-order valence-electron chi connectivity index (χ2n) is 3.51. The third-order valence-corrected chi connectivity index (χ3v) is 3.38. The number of thioether (sulfide) groups is 1. The largest absolute Gasteiger partial charge is 0.330 e. The van der Waals surface area contributed by atoms with E-state index in [1.165, 1.54) is 11.8 Å². The molecule has 1 aromatic carbocycles. The lowest BCUT2D eigenvalue weighted by molar-refractivity contribution is -0.113. The first kappa shape index (κ1) is 11.2. The Morgan fingerprint density at radius 3 is 3.06 bits per heavy atom. The predicted octanol–water partition coefficient (Wildman–Crippen LogP) is 1.26. The number of benzene rings is 1. The summed E-state index contributed by atoms with van der Waals surface area (Å²) in [4.78, 5) is 23.8. The average Bonchev–Trinajstić information content (AvgIpc) is 2.28. The molecule has 4 nitrogen and oxygen atoms in total. The van der Waals surface area contributed by atoms with Gasteiger partial charge in [-0.2, -0.15) is 0 Å². The highest BCUT2D eigenvalue weighted by atomic mass is 32.2. The lowest BCUT2D eigenvalue weighted by atomic mass is 10.1. The van der Waals surface area contributed by atoms with Gasteiger partial charge in [-0.3, -0.25) is 9.59 Å². The second kappa shape index (κ2) is 4.67. The number of anilines is 1. The molecule has 1 aliphatic heterocycles. The van der Waals surface area contributed by atoms with Crippen molar-refractivity contribution < 1.29 is 9.59 Å². The van der Waals surface area contributed by atoms with E-state index in [-0.39, 0.29) is 11.7 Å². The van der Waals surface area contributed by atoms with Crippen LogP contribution in [0.1, 0.15) is 16.8 Å². The van der Waals surface area contributed by atoms with Gasteiger partial charge in [0, 0.05) is 16.9 Å². The molecule has 2 rings (SSSR count). The second-order valence-corrected chi connectivity index (χ2v) is 4.53. The summed E-state index contributed by atoms with van der Waals surface area (Å²) in [6, 6.07) is 5.36. The van der Waals surface area contributed by atoms with Gasteiger partial charge in [0.25, 0.3) is 0 Å². The predicted molar refractivity (Wildman–Crippen MR) is 63.8 cm³/mol. The van der Waals surface area contributed by atoms with Crippen LogP contribution in [0.2, 0.25) is 0 Å². The molecule has 0 spiro atoms. The van der Waals surface area contributed by atoms with Crippen molar-refractivity contribution >= 4 is 29.1 Å². The highest BCUT2D eigenvalue weighted by molar-refractivity contribution is 8.00. The van der Waals surface area contributed by atoms with Gasteiger partial charge < -0.3 is 11.1 Å². The fraction of sp³-hybridized carbons (Fsp3) is 0.273. The SMILES string of the molecule is NCCC(=O)c1ccc2c(c1)NC(=O)CS2. The number of rotatable bonds is 3. The molecule has 0 bridgehead atoms. The minimum atomic E-state index is -0.0269. The fourth-order valence-electron chi connectivity index (χ4n) is 1.53. The average molecular weight is 236 g/mol. The maximum Gasteiger partial charge on any atom is 0.234 e. The van der Waals surface area contributed by atoms with Crippen molar-refractivity contribution in [2.45, 2.75) is 11.3 Å². The van der Waals surface area contributed by atoms with Crippen molar-refractivity contribution in [1.82, 2.24) is 0 Å². The summed E-state index contributed by atoms with van der Waals surface area (Å²) in [5.74, 6) is 0.416. The molecular weight excluding hydrogens is 224 g/mol. The molecule has 3 N–H and O–H groups in total. The van der Waals surface area contributed by atoms with Gasteiger partial charge in [-0.1, -0.05) is 6.07 Å². The van der Waals surface area contributed by atoms with Crippen molar-refractivity contribution in [2.24, 2.45) is 5.73 Å². The number of carbonyl (C=O) groups excluding carboxylic acids is 2. The number of hydrogen-bond acceptors (Lipinski definition) is 4. The Morgan fingerprint density at radius 2 is 2.31 bits per heavy atom. The summed E-state index contributed by atoms with van der Waals surface area (Å²) in [7, 11) is 0. The molecule has 0 radical (unpaired) electrons. The zero-order valence-corrected chi connectivity index (χ0v) is 9.47. The third-order valence-electron chi connectivity index (χ3n) is 2.31. The first-order valence-electron chi connectivity index (χ1n) is 5.00. The van der Waals surface area contributed by atoms with Crippen LogP contribution in [0.15, 0.2) is 23.1 Å². The van der Waals surface area contributed by atoms with Gasteiger partial charge in [-0.25, -0.2) is 0 Å². The molecular formula is C11H12N2O2S. The van der Waals surface area contributed by atoms with E-state index in [4.69, 9.17) is 5.73 Å². The zero-order valence-electron chi connectivity index (χ0n) is 8.66. The molecule has 0 saturated carbocycles. The van der Waals surface area contributed by atoms with Crippen molar-refractivity contribution in [1.29, 1.82) is 0 Å². The quantitative estimate of drug-likeness (QED) is 0.775. The van der Waals surface area contributed by atoms with E-state index in [1.54, 1.807) is 12.1 Å². The summed E-state index contributed by atoms with van der Waals surface area (Å²) >= 11 is 1.48. The van der Waals surface area contributed by atoms with Crippen LogP contribution in [0.5, 0.6) is 0 Å². The molecule has 0 aliphatic carbocycles. The zero-order chi connectivity index (χ0) is 11.5. The number of amides is 1. The van der Waals surface area contributed by atoms with Crippen molar-refractivity contribution in [2.75, 3.05) is 17.6 Å². The van der Waals surface area contributed by atoms with E-state index in [1.807, 2.05) is 6.07 Å². The summed E-state index contributed by atoms with van der Waals surface area (Å²) in [6.45, 7) is 0.344. The van der Waals surface area contributed by atoms with Crippen LogP contribution >= 0.6 is 11.8 Å². The van der Waals surface area contributed by atoms with E-state index >= 15 is 0 Å². The maximum absolute atomic E-state index is 11.6. The molecule has 0 aromatic heterocycles. The van der Waals surface area contributed by atoms with Gasteiger partial charge in [0.2, 0.25) is 5.91 Å². The number of carbonyl (C=O) groups is 2. The molecule has 1 amide bonds. The monoisotopic (exact) mass is 236 g/mol. The Labute approximate surface area is 97.6 Å². The van der Waals surface area contributed by atoms with Crippen LogP contribution < -0.4 is 11.1 Å². The molecule has 0 fully saturated rings. The topological polar surface area (TPSA) is 72.2 Å². The first-order valence-corrected chi connectivity index (χ1v) is 5.99. The third kappa shape index (κ3) is 2.25.